The molecule has 19 heavy (non-hydrogen) atoms. The number of benzene rings is 1. The molecule has 7 heteroatoms. The summed E-state index contributed by atoms with van der Waals surface area (Å²) in [7, 11) is -3.59. The minimum absolute atomic E-state index is 0.191. The Labute approximate surface area is 121 Å². The normalized spacial score (nSPS) is 11.2. The molecular formula is C12H12N2O2S3. The molecule has 1 aromatic heterocycles. The van der Waals surface area contributed by atoms with E-state index in [0.29, 0.717) is 10.6 Å². The van der Waals surface area contributed by atoms with Gasteiger partial charge in [0, 0.05) is 5.69 Å². The van der Waals surface area contributed by atoms with E-state index in [2.05, 4.69) is 4.72 Å². The zero-order valence-electron chi connectivity index (χ0n) is 10.1. The second-order valence-electron chi connectivity index (χ2n) is 3.95. The summed E-state index contributed by atoms with van der Waals surface area (Å²) in [4.78, 5) is 0.779. The van der Waals surface area contributed by atoms with Gasteiger partial charge < -0.3 is 5.73 Å². The maximum atomic E-state index is 12.1. The van der Waals surface area contributed by atoms with Crippen molar-refractivity contribution in [2.24, 2.45) is 5.73 Å². The lowest BCUT2D eigenvalue weighted by atomic mass is 10.2. The van der Waals surface area contributed by atoms with Gasteiger partial charge in [-0.15, -0.1) is 11.3 Å². The smallest absolute Gasteiger partial charge is 0.271 e. The number of thiocarbonyl (C=S) groups is 1. The molecule has 4 nitrogen and oxygen atoms in total. The number of thiophene rings is 1. The van der Waals surface area contributed by atoms with Gasteiger partial charge in [0.15, 0.2) is 0 Å². The van der Waals surface area contributed by atoms with Crippen molar-refractivity contribution in [3.63, 3.8) is 0 Å². The van der Waals surface area contributed by atoms with Crippen molar-refractivity contribution in [2.45, 2.75) is 11.1 Å². The fraction of sp³-hybridized carbons (Fsp3) is 0.0833. The minimum atomic E-state index is -3.59. The lowest BCUT2D eigenvalue weighted by Crippen LogP contribution is -2.11. The maximum absolute atomic E-state index is 12.1. The van der Waals surface area contributed by atoms with Gasteiger partial charge in [0.2, 0.25) is 0 Å². The van der Waals surface area contributed by atoms with Crippen molar-refractivity contribution in [3.8, 4) is 0 Å². The number of hydrogen-bond acceptors (Lipinski definition) is 4. The van der Waals surface area contributed by atoms with Crippen LogP contribution in [0.2, 0.25) is 0 Å². The zero-order valence-corrected chi connectivity index (χ0v) is 12.5. The summed E-state index contributed by atoms with van der Waals surface area (Å²) >= 11 is 5.87. The van der Waals surface area contributed by atoms with Gasteiger partial charge in [-0.05, 0) is 31.2 Å². The van der Waals surface area contributed by atoms with E-state index in [4.69, 9.17) is 18.0 Å². The van der Waals surface area contributed by atoms with Gasteiger partial charge in [0.25, 0.3) is 10.0 Å². The van der Waals surface area contributed by atoms with Crippen LogP contribution in [0, 0.1) is 6.92 Å². The number of aryl methyl sites for hydroxylation is 1. The fourth-order valence-electron chi connectivity index (χ4n) is 1.42. The largest absolute Gasteiger partial charge is 0.389 e. The Morgan fingerprint density at radius 1 is 1.21 bits per heavy atom. The molecule has 0 amide bonds. The van der Waals surface area contributed by atoms with Gasteiger partial charge in [-0.25, -0.2) is 8.42 Å². The number of sulfonamides is 1. The Hall–Kier alpha value is -1.44. The quantitative estimate of drug-likeness (QED) is 0.851. The van der Waals surface area contributed by atoms with Crippen LogP contribution >= 0.6 is 23.6 Å². The van der Waals surface area contributed by atoms with E-state index < -0.39 is 10.0 Å². The highest BCUT2D eigenvalue weighted by Gasteiger charge is 2.17. The van der Waals surface area contributed by atoms with Crippen molar-refractivity contribution in [3.05, 3.63) is 46.8 Å². The minimum Gasteiger partial charge on any atom is -0.389 e. The number of rotatable bonds is 4. The van der Waals surface area contributed by atoms with E-state index in [1.807, 2.05) is 19.1 Å². The van der Waals surface area contributed by atoms with Crippen molar-refractivity contribution < 1.29 is 8.42 Å². The molecule has 0 fully saturated rings. The summed E-state index contributed by atoms with van der Waals surface area (Å²) in [6, 6.07) is 10.2. The van der Waals surface area contributed by atoms with E-state index in [9.17, 15) is 8.42 Å². The SMILES string of the molecule is Cc1ccc(NS(=O)(=O)c2ccc(C(N)=S)s2)cc1. The first-order valence-corrected chi connectivity index (χ1v) is 8.08. The molecule has 0 saturated heterocycles. The second-order valence-corrected chi connectivity index (χ2v) is 7.39. The first-order chi connectivity index (χ1) is 8.88. The highest BCUT2D eigenvalue weighted by Crippen LogP contribution is 2.24. The molecule has 100 valence electrons. The number of nitrogens with one attached hydrogen (secondary N) is 1. The average molecular weight is 312 g/mol. The lowest BCUT2D eigenvalue weighted by molar-refractivity contribution is 0.603. The molecule has 0 spiro atoms. The number of anilines is 1. The molecule has 0 aliphatic rings. The Bertz CT molecular complexity index is 703. The topological polar surface area (TPSA) is 72.2 Å². The third kappa shape index (κ3) is 3.31. The molecule has 0 aliphatic heterocycles. The van der Waals surface area contributed by atoms with Gasteiger partial charge in [-0.1, -0.05) is 29.9 Å². The molecule has 0 aliphatic carbocycles. The van der Waals surface area contributed by atoms with Crippen molar-refractivity contribution >= 4 is 44.3 Å². The van der Waals surface area contributed by atoms with Crippen LogP contribution in [0.1, 0.15) is 10.4 Å². The Balaban J connectivity index is 2.26. The molecule has 0 bridgehead atoms. The van der Waals surface area contributed by atoms with Crippen LogP contribution < -0.4 is 10.5 Å². The van der Waals surface area contributed by atoms with Crippen LogP contribution in [0.15, 0.2) is 40.6 Å². The van der Waals surface area contributed by atoms with Crippen LogP contribution in [-0.4, -0.2) is 13.4 Å². The second kappa shape index (κ2) is 5.28. The Morgan fingerprint density at radius 3 is 2.37 bits per heavy atom. The van der Waals surface area contributed by atoms with Crippen LogP contribution in [0.5, 0.6) is 0 Å². The third-order valence-corrected chi connectivity index (χ3v) is 5.73. The molecule has 1 aromatic carbocycles. The average Bonchev–Trinajstić information content (AvgIpc) is 2.82. The van der Waals surface area contributed by atoms with E-state index in [1.165, 1.54) is 6.07 Å². The summed E-state index contributed by atoms with van der Waals surface area (Å²) in [6.07, 6.45) is 0. The van der Waals surface area contributed by atoms with E-state index in [1.54, 1.807) is 18.2 Å². The monoisotopic (exact) mass is 312 g/mol. The lowest BCUT2D eigenvalue weighted by Gasteiger charge is -2.06. The highest BCUT2D eigenvalue weighted by molar-refractivity contribution is 7.94. The molecule has 2 aromatic rings. The summed E-state index contributed by atoms with van der Waals surface area (Å²) in [5, 5.41) is 0. The predicted octanol–water partition coefficient (Wildman–Crippen LogP) is 2.49. The number of hydrogen-bond donors (Lipinski definition) is 2. The van der Waals surface area contributed by atoms with E-state index in [0.717, 1.165) is 16.9 Å². The summed E-state index contributed by atoms with van der Waals surface area (Å²) in [6.45, 7) is 1.94. The van der Waals surface area contributed by atoms with Gasteiger partial charge in [0.05, 0.1) is 4.88 Å². The fourth-order valence-corrected chi connectivity index (χ4v) is 3.83. The van der Waals surface area contributed by atoms with Crippen LogP contribution in [0.3, 0.4) is 0 Å². The predicted molar refractivity (Wildman–Crippen MR) is 82.2 cm³/mol. The molecule has 3 N–H and O–H groups in total. The molecule has 0 saturated carbocycles. The van der Waals surface area contributed by atoms with Gasteiger partial charge >= 0.3 is 0 Å². The summed E-state index contributed by atoms with van der Waals surface area (Å²) < 4.78 is 27.0. The standard InChI is InChI=1S/C12H12N2O2S3/c1-8-2-4-9(5-3-8)14-19(15,16)11-7-6-10(18-11)12(13)17/h2-7,14H,1H3,(H2,13,17). The Kier molecular flexibility index (Phi) is 3.88. The third-order valence-electron chi connectivity index (χ3n) is 2.39. The number of nitrogens with two attached hydrogens (primary N) is 1. The van der Waals surface area contributed by atoms with E-state index >= 15 is 0 Å². The van der Waals surface area contributed by atoms with Gasteiger partial charge in [0.1, 0.15) is 9.20 Å². The van der Waals surface area contributed by atoms with Crippen molar-refractivity contribution in [1.29, 1.82) is 0 Å². The summed E-state index contributed by atoms with van der Waals surface area (Å²) in [5.41, 5.74) is 7.05. The van der Waals surface area contributed by atoms with Gasteiger partial charge in [-0.3, -0.25) is 4.72 Å². The molecule has 0 atom stereocenters. The van der Waals surface area contributed by atoms with Crippen LogP contribution in [0.4, 0.5) is 5.69 Å². The Morgan fingerprint density at radius 2 is 1.84 bits per heavy atom. The van der Waals surface area contributed by atoms with Crippen molar-refractivity contribution in [1.82, 2.24) is 0 Å². The highest BCUT2D eigenvalue weighted by atomic mass is 32.2. The zero-order chi connectivity index (χ0) is 14.0. The first-order valence-electron chi connectivity index (χ1n) is 5.37. The molecule has 0 radical (unpaired) electrons. The van der Waals surface area contributed by atoms with Crippen LogP contribution in [0.25, 0.3) is 0 Å². The molecule has 0 unspecified atom stereocenters. The van der Waals surface area contributed by atoms with Crippen LogP contribution in [-0.2, 0) is 10.0 Å². The van der Waals surface area contributed by atoms with Crippen molar-refractivity contribution in [2.75, 3.05) is 4.72 Å². The molecule has 1 heterocycles. The molecular weight excluding hydrogens is 300 g/mol. The van der Waals surface area contributed by atoms with Gasteiger partial charge in [-0.2, -0.15) is 0 Å². The summed E-state index contributed by atoms with van der Waals surface area (Å²) in [5.74, 6) is 0. The van der Waals surface area contributed by atoms with E-state index in [-0.39, 0.29) is 9.20 Å². The maximum Gasteiger partial charge on any atom is 0.271 e. The first kappa shape index (κ1) is 14.0. The molecule has 2 rings (SSSR count).